The molecule has 4 heteroatoms. The Kier molecular flexibility index (Phi) is 8.37. The Morgan fingerprint density at radius 1 is 0.533 bits per heavy atom. The van der Waals surface area contributed by atoms with Crippen LogP contribution >= 0.6 is 0 Å². The van der Waals surface area contributed by atoms with Crippen LogP contribution in [0, 0.1) is 0 Å². The second-order valence-electron chi connectivity index (χ2n) is 9.42. The molecule has 30 heavy (non-hydrogen) atoms. The Morgan fingerprint density at radius 3 is 1.03 bits per heavy atom. The fraction of sp³-hybridized carbons (Fsp3) is 0.462. The quantitative estimate of drug-likeness (QED) is 0.665. The van der Waals surface area contributed by atoms with Gasteiger partial charge in [-0.15, -0.1) is 0 Å². The van der Waals surface area contributed by atoms with Crippen molar-refractivity contribution in [2.45, 2.75) is 79.1 Å². The maximum atomic E-state index is 2.33. The summed E-state index contributed by atoms with van der Waals surface area (Å²) in [6, 6.07) is 13.5. The van der Waals surface area contributed by atoms with Gasteiger partial charge in [-0.3, -0.25) is 0 Å². The second-order valence-corrected chi connectivity index (χ2v) is 9.42. The number of hydrogen-bond donors (Lipinski definition) is 0. The molecule has 0 aliphatic carbocycles. The first-order valence-corrected chi connectivity index (χ1v) is 11.1. The minimum absolute atomic E-state index is 0. The Balaban J connectivity index is 0.00000320. The molecule has 1 aliphatic rings. The van der Waals surface area contributed by atoms with Crippen LogP contribution in [0.15, 0.2) is 48.8 Å². The van der Waals surface area contributed by atoms with Gasteiger partial charge in [0.1, 0.15) is 0 Å². The van der Waals surface area contributed by atoms with Crippen molar-refractivity contribution in [1.82, 2.24) is 0 Å². The van der Waals surface area contributed by atoms with Gasteiger partial charge in [0.2, 0.25) is 0 Å². The summed E-state index contributed by atoms with van der Waals surface area (Å²) in [6.45, 7) is 18.3. The molecule has 1 heterocycles. The number of nitrogens with zero attached hydrogens (tertiary/aromatic N) is 2. The van der Waals surface area contributed by atoms with E-state index in [1.807, 2.05) is 0 Å². The fourth-order valence-electron chi connectivity index (χ4n) is 4.24. The van der Waals surface area contributed by atoms with Crippen molar-refractivity contribution in [3.8, 4) is 0 Å². The topological polar surface area (TPSA) is 6.48 Å². The molecule has 0 saturated heterocycles. The number of para-hydroxylation sites is 2. The van der Waals surface area contributed by atoms with Crippen LogP contribution in [0.2, 0.25) is 0 Å². The van der Waals surface area contributed by atoms with E-state index in [0.717, 1.165) is 0 Å². The smallest absolute Gasteiger partial charge is 0.564 e. The van der Waals surface area contributed by atoms with E-state index in [1.165, 1.54) is 33.6 Å². The van der Waals surface area contributed by atoms with E-state index in [9.17, 15) is 0 Å². The molecule has 0 unspecified atom stereocenters. The van der Waals surface area contributed by atoms with E-state index in [0.29, 0.717) is 23.7 Å². The molecule has 1 aliphatic heterocycles. The maximum absolute atomic E-state index is 2.33. The standard InChI is InChI=1S/C26H36BN2.Li/c1-17(2)21-11-9-12-22(18(3)4)25(21)28-15-16-29(27-28)26-23(19(5)6)13-10-14-24(26)20(7)8;/h9-20H,1-8H3;/q-1;+1. The van der Waals surface area contributed by atoms with Crippen LogP contribution < -0.4 is 28.5 Å². The van der Waals surface area contributed by atoms with Crippen LogP contribution in [0.4, 0.5) is 11.4 Å². The molecule has 0 fully saturated rings. The largest absolute Gasteiger partial charge is 1.00 e. The zero-order chi connectivity index (χ0) is 21.3. The molecule has 0 amide bonds. The SMILES string of the molecule is CC(C)c1cccc(C(C)C)c1N1[B-]N(c2c(C(C)C)cccc2C(C)C)C=C1.[Li+]. The maximum Gasteiger partial charge on any atom is 1.00 e. The van der Waals surface area contributed by atoms with Gasteiger partial charge in [-0.05, 0) is 58.3 Å². The molecule has 0 saturated carbocycles. The van der Waals surface area contributed by atoms with Gasteiger partial charge >= 0.3 is 18.9 Å². The zero-order valence-corrected chi connectivity index (χ0v) is 20.4. The molecule has 0 atom stereocenters. The third kappa shape index (κ3) is 4.84. The predicted molar refractivity (Wildman–Crippen MR) is 129 cm³/mol. The van der Waals surface area contributed by atoms with Gasteiger partial charge in [-0.25, -0.2) is 0 Å². The molecule has 2 aromatic carbocycles. The molecule has 2 nitrogen and oxygen atoms in total. The van der Waals surface area contributed by atoms with Gasteiger partial charge in [0, 0.05) is 11.4 Å². The van der Waals surface area contributed by atoms with Crippen LogP contribution in [-0.2, 0) is 0 Å². The first-order chi connectivity index (χ1) is 13.7. The van der Waals surface area contributed by atoms with Crippen LogP contribution in [0.25, 0.3) is 0 Å². The molecule has 3 rings (SSSR count). The number of hydrogen-bond acceptors (Lipinski definition) is 2. The van der Waals surface area contributed by atoms with Gasteiger partial charge in [0.15, 0.2) is 0 Å². The first kappa shape index (κ1) is 24.7. The van der Waals surface area contributed by atoms with Gasteiger partial charge in [-0.1, -0.05) is 99.3 Å². The van der Waals surface area contributed by atoms with E-state index in [1.54, 1.807) is 0 Å². The molecule has 0 aromatic heterocycles. The zero-order valence-electron chi connectivity index (χ0n) is 20.4. The monoisotopic (exact) mass is 394 g/mol. The van der Waals surface area contributed by atoms with Gasteiger partial charge < -0.3 is 9.62 Å². The van der Waals surface area contributed by atoms with Gasteiger partial charge in [0.25, 0.3) is 0 Å². The summed E-state index contributed by atoms with van der Waals surface area (Å²) < 4.78 is 0. The van der Waals surface area contributed by atoms with Crippen molar-refractivity contribution in [3.05, 3.63) is 71.1 Å². The number of rotatable bonds is 6. The normalized spacial score (nSPS) is 13.9. The summed E-state index contributed by atoms with van der Waals surface area (Å²) in [5, 5.41) is 0. The molecule has 0 bridgehead atoms. The van der Waals surface area contributed by atoms with Crippen molar-refractivity contribution in [2.75, 3.05) is 9.62 Å². The number of benzene rings is 2. The summed E-state index contributed by atoms with van der Waals surface area (Å²) in [7, 11) is 2.26. The van der Waals surface area contributed by atoms with Crippen LogP contribution in [0.5, 0.6) is 0 Å². The minimum Gasteiger partial charge on any atom is -0.564 e. The Hall–Kier alpha value is -1.56. The van der Waals surface area contributed by atoms with Crippen molar-refractivity contribution in [1.29, 1.82) is 0 Å². The van der Waals surface area contributed by atoms with Crippen LogP contribution in [0.3, 0.4) is 0 Å². The first-order valence-electron chi connectivity index (χ1n) is 11.1. The van der Waals surface area contributed by atoms with E-state index < -0.39 is 0 Å². The average molecular weight is 394 g/mol. The predicted octanol–water partition coefficient (Wildman–Crippen LogP) is 4.52. The van der Waals surface area contributed by atoms with E-state index in [-0.39, 0.29) is 18.9 Å². The molecule has 0 N–H and O–H groups in total. The Bertz CT molecular complexity index is 763. The summed E-state index contributed by atoms with van der Waals surface area (Å²) in [5.41, 5.74) is 8.29. The van der Waals surface area contributed by atoms with Crippen LogP contribution in [0.1, 0.15) is 101 Å². The molecular weight excluding hydrogens is 358 g/mol. The van der Waals surface area contributed by atoms with E-state index >= 15 is 0 Å². The third-order valence-corrected chi connectivity index (χ3v) is 5.84. The summed E-state index contributed by atoms with van der Waals surface area (Å²) >= 11 is 0. The minimum atomic E-state index is 0. The average Bonchev–Trinajstić information content (AvgIpc) is 3.15. The summed E-state index contributed by atoms with van der Waals surface area (Å²) in [6.07, 6.45) is 4.43. The molecule has 154 valence electrons. The summed E-state index contributed by atoms with van der Waals surface area (Å²) in [5.74, 6) is 1.92. The molecule has 2 aromatic rings. The van der Waals surface area contributed by atoms with Crippen molar-refractivity contribution < 1.29 is 18.9 Å². The summed E-state index contributed by atoms with van der Waals surface area (Å²) in [4.78, 5) is 4.65. The van der Waals surface area contributed by atoms with Gasteiger partial charge in [0.05, 0.1) is 0 Å². The third-order valence-electron chi connectivity index (χ3n) is 5.84. The number of anilines is 2. The van der Waals surface area contributed by atoms with Crippen LogP contribution in [-0.4, -0.2) is 7.55 Å². The second kappa shape index (κ2) is 10.2. The van der Waals surface area contributed by atoms with E-state index in [4.69, 9.17) is 0 Å². The molecular formula is C26H36BLiN2. The van der Waals surface area contributed by atoms with Crippen molar-refractivity contribution in [3.63, 3.8) is 0 Å². The van der Waals surface area contributed by atoms with Crippen molar-refractivity contribution >= 4 is 18.9 Å². The van der Waals surface area contributed by atoms with Gasteiger partial charge in [-0.2, -0.15) is 0 Å². The Morgan fingerprint density at radius 2 is 0.800 bits per heavy atom. The van der Waals surface area contributed by atoms with E-state index in [2.05, 4.69) is 121 Å². The van der Waals surface area contributed by atoms with Crippen molar-refractivity contribution in [2.24, 2.45) is 0 Å². The molecule has 0 spiro atoms. The molecule has 2 radical (unpaired) electrons. The Labute approximate surface area is 197 Å². The fourth-order valence-corrected chi connectivity index (χ4v) is 4.24.